The molecule has 1 rings (SSSR count). The number of anilines is 1. The Morgan fingerprint density at radius 3 is 2.15 bits per heavy atom. The van der Waals surface area contributed by atoms with Crippen molar-refractivity contribution in [3.63, 3.8) is 0 Å². The smallest absolute Gasteiger partial charge is 0.429 e. The molecule has 1 unspecified atom stereocenters. The predicted molar refractivity (Wildman–Crippen MR) is 60.0 cm³/mol. The number of halogens is 8. The molecule has 0 saturated carbocycles. The normalized spacial score (nSPS) is 15.2. The second kappa shape index (κ2) is 5.66. The summed E-state index contributed by atoms with van der Waals surface area (Å²) in [6.07, 6.45) is -5.57. The Morgan fingerprint density at radius 1 is 1.20 bits per heavy atom. The van der Waals surface area contributed by atoms with E-state index in [0.29, 0.717) is 12.1 Å². The van der Waals surface area contributed by atoms with E-state index in [9.17, 15) is 30.7 Å². The van der Waals surface area contributed by atoms with Gasteiger partial charge < -0.3 is 10.5 Å². The molecule has 0 aliphatic heterocycles. The first kappa shape index (κ1) is 16.9. The first-order valence-electron chi connectivity index (χ1n) is 4.89. The Bertz CT molecular complexity index is 493. The molecule has 0 fully saturated rings. The van der Waals surface area contributed by atoms with Crippen LogP contribution < -0.4 is 10.5 Å². The lowest BCUT2D eigenvalue weighted by Gasteiger charge is -2.26. The van der Waals surface area contributed by atoms with Crippen molar-refractivity contribution < 1.29 is 35.5 Å². The fourth-order valence-electron chi connectivity index (χ4n) is 1.33. The monoisotopic (exact) mass is 369 g/mol. The van der Waals surface area contributed by atoms with Crippen LogP contribution in [0.5, 0.6) is 5.75 Å². The summed E-state index contributed by atoms with van der Waals surface area (Å²) in [7, 11) is 0. The van der Waals surface area contributed by atoms with Crippen LogP contribution in [0.3, 0.4) is 0 Å². The lowest BCUT2D eigenvalue weighted by atomic mass is 9.96. The number of nitrogens with two attached hydrogens (primary N) is 1. The minimum atomic E-state index is -5.57. The topological polar surface area (TPSA) is 35.2 Å². The Morgan fingerprint density at radius 2 is 1.75 bits per heavy atom. The van der Waals surface area contributed by atoms with Crippen molar-refractivity contribution in [2.75, 3.05) is 12.4 Å². The van der Waals surface area contributed by atoms with Crippen molar-refractivity contribution in [1.82, 2.24) is 0 Å². The molecule has 0 aliphatic rings. The predicted octanol–water partition coefficient (Wildman–Crippen LogP) is 4.33. The third-order valence-electron chi connectivity index (χ3n) is 2.40. The van der Waals surface area contributed by atoms with E-state index in [2.05, 4.69) is 20.7 Å². The largest absolute Gasteiger partial charge is 0.433 e. The highest BCUT2D eigenvalue weighted by Gasteiger charge is 2.58. The Balaban J connectivity index is 3.42. The zero-order valence-corrected chi connectivity index (χ0v) is 11.0. The van der Waals surface area contributed by atoms with Crippen LogP contribution in [0.1, 0.15) is 5.56 Å². The van der Waals surface area contributed by atoms with Gasteiger partial charge in [-0.1, -0.05) is 0 Å². The summed E-state index contributed by atoms with van der Waals surface area (Å²) >= 11 is 2.67. The molecule has 0 bridgehead atoms. The van der Waals surface area contributed by atoms with Crippen LogP contribution in [0.15, 0.2) is 16.6 Å². The second-order valence-electron chi connectivity index (χ2n) is 3.68. The Kier molecular flexibility index (Phi) is 4.78. The number of hydrogen-bond donors (Lipinski definition) is 1. The molecule has 0 aromatic heterocycles. The highest BCUT2D eigenvalue weighted by Crippen LogP contribution is 2.46. The molecule has 0 spiro atoms. The maximum atomic E-state index is 13.8. The SMILES string of the molecule is Nc1c(Br)cc(C(F)(CF)C(F)(F)F)cc1OC(F)F. The van der Waals surface area contributed by atoms with E-state index in [4.69, 9.17) is 5.73 Å². The number of ether oxygens (including phenoxy) is 1. The van der Waals surface area contributed by atoms with Crippen molar-refractivity contribution in [1.29, 1.82) is 0 Å². The molecule has 0 saturated heterocycles. The Hall–Kier alpha value is -1.19. The van der Waals surface area contributed by atoms with Gasteiger partial charge in [-0.25, -0.2) is 8.78 Å². The fraction of sp³-hybridized carbons (Fsp3) is 0.400. The van der Waals surface area contributed by atoms with Gasteiger partial charge in [-0.2, -0.15) is 22.0 Å². The summed E-state index contributed by atoms with van der Waals surface area (Å²) in [5.74, 6) is -0.885. The van der Waals surface area contributed by atoms with Crippen LogP contribution in [-0.4, -0.2) is 19.5 Å². The van der Waals surface area contributed by atoms with Gasteiger partial charge in [0, 0.05) is 10.0 Å². The fourth-order valence-corrected chi connectivity index (χ4v) is 1.77. The molecule has 114 valence electrons. The molecular formula is C10H7BrF7NO. The molecule has 1 atom stereocenters. The molecule has 1 aromatic rings. The van der Waals surface area contributed by atoms with E-state index in [1.165, 1.54) is 0 Å². The summed E-state index contributed by atoms with van der Waals surface area (Å²) in [4.78, 5) is 0. The van der Waals surface area contributed by atoms with E-state index < -0.39 is 42.1 Å². The molecule has 10 heteroatoms. The van der Waals surface area contributed by atoms with Crippen LogP contribution in [0, 0.1) is 0 Å². The van der Waals surface area contributed by atoms with Crippen molar-refractivity contribution in [3.05, 3.63) is 22.2 Å². The summed E-state index contributed by atoms with van der Waals surface area (Å²) in [5.41, 5.74) is -0.746. The average Bonchev–Trinajstić information content (AvgIpc) is 2.31. The van der Waals surface area contributed by atoms with E-state index in [-0.39, 0.29) is 4.47 Å². The molecular weight excluding hydrogens is 363 g/mol. The zero-order valence-electron chi connectivity index (χ0n) is 9.45. The highest BCUT2D eigenvalue weighted by atomic mass is 79.9. The van der Waals surface area contributed by atoms with Gasteiger partial charge in [-0.3, -0.25) is 0 Å². The third-order valence-corrected chi connectivity index (χ3v) is 3.05. The van der Waals surface area contributed by atoms with Crippen LogP contribution in [0.25, 0.3) is 0 Å². The van der Waals surface area contributed by atoms with Gasteiger partial charge in [0.15, 0.2) is 5.75 Å². The number of hydrogen-bond acceptors (Lipinski definition) is 2. The molecule has 20 heavy (non-hydrogen) atoms. The second-order valence-corrected chi connectivity index (χ2v) is 4.54. The quantitative estimate of drug-likeness (QED) is 0.633. The number of benzene rings is 1. The number of rotatable bonds is 4. The Labute approximate surface area is 116 Å². The van der Waals surface area contributed by atoms with E-state index >= 15 is 0 Å². The van der Waals surface area contributed by atoms with Crippen molar-refractivity contribution in [2.24, 2.45) is 0 Å². The molecule has 0 amide bonds. The maximum Gasteiger partial charge on any atom is 0.429 e. The first-order valence-corrected chi connectivity index (χ1v) is 5.68. The molecule has 0 aliphatic carbocycles. The van der Waals surface area contributed by atoms with Gasteiger partial charge in [0.25, 0.3) is 5.67 Å². The summed E-state index contributed by atoms with van der Waals surface area (Å²) < 4.78 is 91.7. The van der Waals surface area contributed by atoms with Crippen LogP contribution in [-0.2, 0) is 5.67 Å². The number of alkyl halides is 7. The van der Waals surface area contributed by atoms with Crippen LogP contribution in [0.4, 0.5) is 36.4 Å². The van der Waals surface area contributed by atoms with Gasteiger partial charge in [-0.15, -0.1) is 0 Å². The zero-order chi connectivity index (χ0) is 15.7. The minimum absolute atomic E-state index is 0.291. The lowest BCUT2D eigenvalue weighted by Crippen LogP contribution is -2.40. The maximum absolute atomic E-state index is 13.8. The standard InChI is InChI=1S/C10H7BrF7NO/c11-5-1-4(9(15,3-12)10(16,17)18)2-6(7(5)19)20-8(13)14/h1-2,8H,3,19H2. The summed E-state index contributed by atoms with van der Waals surface area (Å²) in [5, 5.41) is 0. The minimum Gasteiger partial charge on any atom is -0.433 e. The van der Waals surface area contributed by atoms with Gasteiger partial charge in [-0.05, 0) is 28.1 Å². The molecule has 0 radical (unpaired) electrons. The number of nitrogen functional groups attached to an aromatic ring is 1. The van der Waals surface area contributed by atoms with E-state index in [0.717, 1.165) is 0 Å². The first-order chi connectivity index (χ1) is 9.02. The molecule has 1 aromatic carbocycles. The van der Waals surface area contributed by atoms with Gasteiger partial charge in [0.2, 0.25) is 0 Å². The van der Waals surface area contributed by atoms with Gasteiger partial charge in [0.1, 0.15) is 6.67 Å². The molecule has 2 nitrogen and oxygen atoms in total. The van der Waals surface area contributed by atoms with Crippen molar-refractivity contribution in [3.8, 4) is 5.75 Å². The lowest BCUT2D eigenvalue weighted by molar-refractivity contribution is -0.240. The average molecular weight is 370 g/mol. The summed E-state index contributed by atoms with van der Waals surface area (Å²) in [6.45, 7) is -5.80. The van der Waals surface area contributed by atoms with Gasteiger partial charge in [0.05, 0.1) is 5.69 Å². The van der Waals surface area contributed by atoms with Crippen molar-refractivity contribution in [2.45, 2.75) is 18.5 Å². The third kappa shape index (κ3) is 3.10. The van der Waals surface area contributed by atoms with E-state index in [1.54, 1.807) is 0 Å². The van der Waals surface area contributed by atoms with Crippen LogP contribution in [0.2, 0.25) is 0 Å². The van der Waals surface area contributed by atoms with Gasteiger partial charge >= 0.3 is 12.8 Å². The highest BCUT2D eigenvalue weighted by molar-refractivity contribution is 9.10. The molecule has 2 N–H and O–H groups in total. The van der Waals surface area contributed by atoms with Crippen molar-refractivity contribution >= 4 is 21.6 Å². The molecule has 0 heterocycles. The summed E-state index contributed by atoms with van der Waals surface area (Å²) in [6, 6.07) is 0.847. The van der Waals surface area contributed by atoms with E-state index in [1.807, 2.05) is 0 Å². The van der Waals surface area contributed by atoms with Crippen LogP contribution >= 0.6 is 15.9 Å².